The predicted molar refractivity (Wildman–Crippen MR) is 136 cm³/mol. The van der Waals surface area contributed by atoms with E-state index in [1.807, 2.05) is 42.5 Å². The SMILES string of the molecule is COc1ccc2c(c1OC1CCOCC1)C[C@@H](C(=O)O)N(C(=O)[C@@H](OC1CCCC1)c1ccccc1)C2. The summed E-state index contributed by atoms with van der Waals surface area (Å²) in [6.07, 6.45) is 4.76. The van der Waals surface area contributed by atoms with Crippen LogP contribution in [-0.2, 0) is 32.0 Å². The van der Waals surface area contributed by atoms with E-state index in [0.717, 1.165) is 55.2 Å². The molecule has 2 aromatic rings. The van der Waals surface area contributed by atoms with Crippen LogP contribution in [0.15, 0.2) is 42.5 Å². The van der Waals surface area contributed by atoms with Gasteiger partial charge in [0.05, 0.1) is 26.4 Å². The van der Waals surface area contributed by atoms with Crippen molar-refractivity contribution in [2.75, 3.05) is 20.3 Å². The van der Waals surface area contributed by atoms with Crippen molar-refractivity contribution in [3.8, 4) is 11.5 Å². The number of carboxylic acid groups (broad SMARTS) is 1. The highest BCUT2D eigenvalue weighted by Crippen LogP contribution is 2.41. The Morgan fingerprint density at radius 1 is 1.00 bits per heavy atom. The molecule has 1 saturated heterocycles. The van der Waals surface area contributed by atoms with Gasteiger partial charge in [-0.25, -0.2) is 4.79 Å². The molecule has 198 valence electrons. The Bertz CT molecular complexity index is 1090. The second kappa shape index (κ2) is 11.5. The van der Waals surface area contributed by atoms with E-state index in [-0.39, 0.29) is 31.1 Å². The van der Waals surface area contributed by atoms with Gasteiger partial charge >= 0.3 is 5.97 Å². The number of benzene rings is 2. The molecule has 2 aromatic carbocycles. The van der Waals surface area contributed by atoms with Crippen molar-refractivity contribution in [3.63, 3.8) is 0 Å². The molecule has 0 radical (unpaired) electrons. The fraction of sp³-hybridized carbons (Fsp3) is 0.517. The minimum absolute atomic E-state index is 0.00162. The molecule has 0 bridgehead atoms. The highest BCUT2D eigenvalue weighted by molar-refractivity contribution is 5.88. The molecule has 8 heteroatoms. The summed E-state index contributed by atoms with van der Waals surface area (Å²) in [7, 11) is 1.58. The lowest BCUT2D eigenvalue weighted by atomic mass is 9.91. The minimum atomic E-state index is -1.05. The number of fused-ring (bicyclic) bond motifs is 1. The first-order chi connectivity index (χ1) is 18.0. The van der Waals surface area contributed by atoms with Gasteiger partial charge in [-0.3, -0.25) is 4.79 Å². The van der Waals surface area contributed by atoms with Gasteiger partial charge < -0.3 is 29.0 Å². The van der Waals surface area contributed by atoms with E-state index >= 15 is 0 Å². The number of carbonyl (C=O) groups is 2. The maximum atomic E-state index is 14.0. The molecule has 2 fully saturated rings. The number of nitrogens with zero attached hydrogens (tertiary/aromatic N) is 1. The molecule has 2 atom stereocenters. The highest BCUT2D eigenvalue weighted by atomic mass is 16.5. The Kier molecular flexibility index (Phi) is 7.96. The topological polar surface area (TPSA) is 94.5 Å². The molecular weight excluding hydrogens is 474 g/mol. The largest absolute Gasteiger partial charge is 0.493 e. The van der Waals surface area contributed by atoms with Gasteiger partial charge in [-0.2, -0.15) is 0 Å². The van der Waals surface area contributed by atoms with Gasteiger partial charge in [0.2, 0.25) is 0 Å². The van der Waals surface area contributed by atoms with Gasteiger partial charge in [-0.15, -0.1) is 0 Å². The average molecular weight is 510 g/mol. The van der Waals surface area contributed by atoms with Crippen LogP contribution < -0.4 is 9.47 Å². The molecule has 2 aliphatic heterocycles. The van der Waals surface area contributed by atoms with Crippen LogP contribution in [-0.4, -0.2) is 60.5 Å². The summed E-state index contributed by atoms with van der Waals surface area (Å²) < 4.78 is 23.8. The number of hydrogen-bond acceptors (Lipinski definition) is 6. The maximum Gasteiger partial charge on any atom is 0.326 e. The van der Waals surface area contributed by atoms with E-state index < -0.39 is 18.1 Å². The summed E-state index contributed by atoms with van der Waals surface area (Å²) in [5.74, 6) is -0.224. The van der Waals surface area contributed by atoms with Crippen molar-refractivity contribution >= 4 is 11.9 Å². The fourth-order valence-electron chi connectivity index (χ4n) is 5.59. The smallest absolute Gasteiger partial charge is 0.326 e. The Hall–Kier alpha value is -3.10. The van der Waals surface area contributed by atoms with Gasteiger partial charge in [0, 0.05) is 31.4 Å². The van der Waals surface area contributed by atoms with Crippen LogP contribution in [0.2, 0.25) is 0 Å². The molecule has 1 N–H and O–H groups in total. The lowest BCUT2D eigenvalue weighted by Crippen LogP contribution is -2.51. The molecule has 3 aliphatic rings. The third-order valence-electron chi connectivity index (χ3n) is 7.63. The van der Waals surface area contributed by atoms with E-state index in [1.54, 1.807) is 7.11 Å². The second-order valence-electron chi connectivity index (χ2n) is 10.0. The van der Waals surface area contributed by atoms with Crippen LogP contribution in [0.4, 0.5) is 0 Å². The van der Waals surface area contributed by atoms with Crippen molar-refractivity contribution in [2.24, 2.45) is 0 Å². The summed E-state index contributed by atoms with van der Waals surface area (Å²) in [5.41, 5.74) is 2.39. The zero-order valence-electron chi connectivity index (χ0n) is 21.3. The van der Waals surface area contributed by atoms with Crippen molar-refractivity contribution in [1.29, 1.82) is 0 Å². The van der Waals surface area contributed by atoms with E-state index in [9.17, 15) is 14.7 Å². The summed E-state index contributed by atoms with van der Waals surface area (Å²) in [6, 6.07) is 12.1. The standard InChI is InChI=1S/C29H35NO7/c1-34-25-12-11-20-18-30(24(29(32)33)17-23(20)27(25)37-22-13-15-35-16-14-22)28(31)26(19-7-3-2-4-8-19)36-21-9-5-6-10-21/h2-4,7-8,11-12,21-22,24,26H,5-6,9-10,13-18H2,1H3,(H,32,33)/t24-,26-/m0/s1. The number of methoxy groups -OCH3 is 1. The molecule has 0 spiro atoms. The minimum Gasteiger partial charge on any atom is -0.493 e. The zero-order valence-corrected chi connectivity index (χ0v) is 21.3. The first-order valence-electron chi connectivity index (χ1n) is 13.2. The molecule has 37 heavy (non-hydrogen) atoms. The number of hydrogen-bond donors (Lipinski definition) is 1. The molecule has 0 unspecified atom stereocenters. The molecule has 0 aromatic heterocycles. The third-order valence-corrected chi connectivity index (χ3v) is 7.63. The van der Waals surface area contributed by atoms with Crippen LogP contribution in [0.3, 0.4) is 0 Å². The van der Waals surface area contributed by atoms with Crippen LogP contribution in [0, 0.1) is 0 Å². The normalized spacial score (nSPS) is 21.3. The molecule has 8 nitrogen and oxygen atoms in total. The predicted octanol–water partition coefficient (Wildman–Crippen LogP) is 4.29. The lowest BCUT2D eigenvalue weighted by Gasteiger charge is -2.38. The van der Waals surface area contributed by atoms with Gasteiger partial charge in [-0.05, 0) is 30.0 Å². The van der Waals surface area contributed by atoms with Crippen LogP contribution in [0.1, 0.15) is 61.3 Å². The first kappa shape index (κ1) is 25.5. The maximum absolute atomic E-state index is 14.0. The van der Waals surface area contributed by atoms with Gasteiger partial charge in [0.25, 0.3) is 5.91 Å². The Morgan fingerprint density at radius 2 is 1.73 bits per heavy atom. The quantitative estimate of drug-likeness (QED) is 0.567. The van der Waals surface area contributed by atoms with Gasteiger partial charge in [-0.1, -0.05) is 49.2 Å². The summed E-state index contributed by atoms with van der Waals surface area (Å²) in [6.45, 7) is 1.42. The number of rotatable bonds is 8. The Balaban J connectivity index is 1.46. The second-order valence-corrected chi connectivity index (χ2v) is 10.0. The van der Waals surface area contributed by atoms with Crippen molar-refractivity contribution in [3.05, 3.63) is 59.2 Å². The third kappa shape index (κ3) is 5.60. The molecule has 5 rings (SSSR count). The Morgan fingerprint density at radius 3 is 2.41 bits per heavy atom. The lowest BCUT2D eigenvalue weighted by molar-refractivity contribution is -0.160. The average Bonchev–Trinajstić information content (AvgIpc) is 3.45. The number of ether oxygens (including phenoxy) is 4. The van der Waals surface area contributed by atoms with Gasteiger partial charge in [0.15, 0.2) is 17.6 Å². The molecule has 2 heterocycles. The highest BCUT2D eigenvalue weighted by Gasteiger charge is 2.41. The van der Waals surface area contributed by atoms with Crippen LogP contribution >= 0.6 is 0 Å². The van der Waals surface area contributed by atoms with E-state index in [4.69, 9.17) is 18.9 Å². The fourth-order valence-corrected chi connectivity index (χ4v) is 5.59. The molecular formula is C29H35NO7. The van der Waals surface area contributed by atoms with Crippen molar-refractivity contribution in [2.45, 2.75) is 75.8 Å². The van der Waals surface area contributed by atoms with Crippen LogP contribution in [0.25, 0.3) is 0 Å². The van der Waals surface area contributed by atoms with Crippen molar-refractivity contribution < 1.29 is 33.6 Å². The van der Waals surface area contributed by atoms with Gasteiger partial charge in [0.1, 0.15) is 12.1 Å². The van der Waals surface area contributed by atoms with Crippen molar-refractivity contribution in [1.82, 2.24) is 4.90 Å². The number of aliphatic carboxylic acids is 1. The molecule has 1 aliphatic carbocycles. The summed E-state index contributed by atoms with van der Waals surface area (Å²) >= 11 is 0. The zero-order chi connectivity index (χ0) is 25.8. The van der Waals surface area contributed by atoms with E-state index in [1.165, 1.54) is 4.90 Å². The van der Waals surface area contributed by atoms with E-state index in [2.05, 4.69) is 0 Å². The number of amides is 1. The summed E-state index contributed by atoms with van der Waals surface area (Å²) in [5, 5.41) is 10.2. The number of carbonyl (C=O) groups excluding carboxylic acids is 1. The first-order valence-corrected chi connectivity index (χ1v) is 13.2. The van der Waals surface area contributed by atoms with Crippen LogP contribution in [0.5, 0.6) is 11.5 Å². The molecule has 1 saturated carbocycles. The summed E-state index contributed by atoms with van der Waals surface area (Å²) in [4.78, 5) is 28.0. The monoisotopic (exact) mass is 509 g/mol. The van der Waals surface area contributed by atoms with E-state index in [0.29, 0.717) is 24.7 Å². The Labute approximate surface area is 217 Å². The molecule has 1 amide bonds. The number of carboxylic acids is 1.